The maximum atomic E-state index is 12.5. The molecule has 2 rings (SSSR count). The van der Waals surface area contributed by atoms with E-state index in [1.54, 1.807) is 0 Å². The highest BCUT2D eigenvalue weighted by Gasteiger charge is 2.26. The monoisotopic (exact) mass is 306 g/mol. The van der Waals surface area contributed by atoms with E-state index in [-0.39, 0.29) is 5.91 Å². The highest BCUT2D eigenvalue weighted by Crippen LogP contribution is 2.27. The highest BCUT2D eigenvalue weighted by atomic mass is 32.2. The van der Waals surface area contributed by atoms with Crippen LogP contribution in [0.25, 0.3) is 0 Å². The topological polar surface area (TPSA) is 41.1 Å². The van der Waals surface area contributed by atoms with E-state index in [1.165, 1.54) is 19.3 Å². The summed E-state index contributed by atoms with van der Waals surface area (Å²) in [6.07, 6.45) is 6.97. The van der Waals surface area contributed by atoms with Crippen molar-refractivity contribution in [1.82, 2.24) is 5.32 Å². The van der Waals surface area contributed by atoms with E-state index in [1.807, 2.05) is 36.9 Å². The number of carbonyl (C=O) groups excluding carboxylic acids is 1. The van der Waals surface area contributed by atoms with E-state index < -0.39 is 0 Å². The van der Waals surface area contributed by atoms with Gasteiger partial charge in [0.05, 0.1) is 0 Å². The number of hydrogen-bond donors (Lipinski definition) is 2. The summed E-state index contributed by atoms with van der Waals surface area (Å²) in [5.41, 5.74) is 2.99. The molecule has 2 N–H and O–H groups in total. The van der Waals surface area contributed by atoms with Crippen molar-refractivity contribution in [3.63, 3.8) is 0 Å². The molecule has 3 nitrogen and oxygen atoms in total. The van der Waals surface area contributed by atoms with E-state index in [2.05, 4.69) is 23.8 Å². The van der Waals surface area contributed by atoms with Crippen LogP contribution in [-0.2, 0) is 0 Å². The van der Waals surface area contributed by atoms with Gasteiger partial charge in [-0.2, -0.15) is 11.8 Å². The maximum Gasteiger partial charge on any atom is 0.251 e. The highest BCUT2D eigenvalue weighted by molar-refractivity contribution is 7.99. The van der Waals surface area contributed by atoms with Gasteiger partial charge in [-0.25, -0.2) is 0 Å². The van der Waals surface area contributed by atoms with Gasteiger partial charge in [0.2, 0.25) is 0 Å². The van der Waals surface area contributed by atoms with Crippen molar-refractivity contribution in [2.24, 2.45) is 0 Å². The summed E-state index contributed by atoms with van der Waals surface area (Å²) in [5, 5.41) is 7.10. The van der Waals surface area contributed by atoms with Gasteiger partial charge in [-0.05, 0) is 56.7 Å². The molecule has 4 heteroatoms. The first-order chi connectivity index (χ1) is 10.2. The number of nitrogens with one attached hydrogen (secondary N) is 2. The number of anilines is 1. The Morgan fingerprint density at radius 2 is 2.10 bits per heavy atom. The van der Waals surface area contributed by atoms with Gasteiger partial charge in [0, 0.05) is 29.1 Å². The van der Waals surface area contributed by atoms with Crippen LogP contribution in [0.5, 0.6) is 0 Å². The van der Waals surface area contributed by atoms with E-state index in [9.17, 15) is 4.79 Å². The van der Waals surface area contributed by atoms with Crippen LogP contribution in [0, 0.1) is 6.92 Å². The molecule has 0 spiro atoms. The zero-order valence-electron chi connectivity index (χ0n) is 13.2. The fraction of sp³-hybridized carbons (Fsp3) is 0.588. The van der Waals surface area contributed by atoms with Crippen molar-refractivity contribution in [1.29, 1.82) is 0 Å². The van der Waals surface area contributed by atoms with Gasteiger partial charge in [-0.3, -0.25) is 4.79 Å². The fourth-order valence-electron chi connectivity index (χ4n) is 2.99. The number of thioether (sulfide) groups is 1. The summed E-state index contributed by atoms with van der Waals surface area (Å²) >= 11 is 1.88. The Bertz CT molecular complexity index is 490. The van der Waals surface area contributed by atoms with Crippen molar-refractivity contribution in [3.8, 4) is 0 Å². The van der Waals surface area contributed by atoms with Crippen LogP contribution in [0.4, 0.5) is 5.69 Å². The molecule has 0 saturated heterocycles. The number of benzene rings is 1. The zero-order valence-corrected chi connectivity index (χ0v) is 14.1. The van der Waals surface area contributed by atoms with Crippen molar-refractivity contribution in [2.45, 2.75) is 50.8 Å². The largest absolute Gasteiger partial charge is 0.385 e. The molecule has 21 heavy (non-hydrogen) atoms. The lowest BCUT2D eigenvalue weighted by Gasteiger charge is -2.31. The predicted octanol–water partition coefficient (Wildman–Crippen LogP) is 3.83. The van der Waals surface area contributed by atoms with Crippen molar-refractivity contribution in [2.75, 3.05) is 18.1 Å². The van der Waals surface area contributed by atoms with Gasteiger partial charge < -0.3 is 10.6 Å². The van der Waals surface area contributed by atoms with Crippen LogP contribution in [0.2, 0.25) is 0 Å². The number of carbonyl (C=O) groups is 1. The average Bonchev–Trinajstić information content (AvgIpc) is 2.50. The van der Waals surface area contributed by atoms with Crippen LogP contribution in [0.3, 0.4) is 0 Å². The van der Waals surface area contributed by atoms with Crippen LogP contribution < -0.4 is 10.6 Å². The predicted molar refractivity (Wildman–Crippen MR) is 92.4 cm³/mol. The Hall–Kier alpha value is -1.16. The lowest BCUT2D eigenvalue weighted by Crippen LogP contribution is -2.43. The first-order valence-electron chi connectivity index (χ1n) is 7.84. The molecule has 2 unspecified atom stereocenters. The molecule has 1 amide bonds. The Morgan fingerprint density at radius 1 is 1.33 bits per heavy atom. The Balaban J connectivity index is 2.04. The summed E-state index contributed by atoms with van der Waals surface area (Å²) in [5.74, 6) is 0.0621. The zero-order chi connectivity index (χ0) is 15.2. The molecular weight excluding hydrogens is 280 g/mol. The quantitative estimate of drug-likeness (QED) is 0.868. The molecular formula is C17H26N2OS. The second kappa shape index (κ2) is 7.74. The first kappa shape index (κ1) is 16.2. The number of hydrogen-bond acceptors (Lipinski definition) is 3. The summed E-state index contributed by atoms with van der Waals surface area (Å²) in [6.45, 7) is 5.01. The van der Waals surface area contributed by atoms with Crippen LogP contribution >= 0.6 is 11.8 Å². The van der Waals surface area contributed by atoms with Crippen molar-refractivity contribution >= 4 is 23.4 Å². The summed E-state index contributed by atoms with van der Waals surface area (Å²) in [7, 11) is 0. The molecule has 0 heterocycles. The van der Waals surface area contributed by atoms with Crippen molar-refractivity contribution < 1.29 is 4.79 Å². The van der Waals surface area contributed by atoms with Gasteiger partial charge in [0.15, 0.2) is 0 Å². The van der Waals surface area contributed by atoms with Gasteiger partial charge in [0.25, 0.3) is 5.91 Å². The number of rotatable bonds is 5. The van der Waals surface area contributed by atoms with Crippen LogP contribution in [0.1, 0.15) is 48.5 Å². The minimum atomic E-state index is 0.0621. The third-order valence-electron chi connectivity index (χ3n) is 4.18. The van der Waals surface area contributed by atoms with E-state index in [0.717, 1.165) is 29.8 Å². The molecule has 0 aliphatic heterocycles. The maximum absolute atomic E-state index is 12.5. The third-order valence-corrected chi connectivity index (χ3v) is 5.35. The standard InChI is InChI=1S/C17H26N2OS/c1-4-18-14-10-9-13(11-12(14)2)17(20)19-15-7-5-6-8-16(15)21-3/h9-11,15-16,18H,4-8H2,1-3H3,(H,19,20). The van der Waals surface area contributed by atoms with Gasteiger partial charge >= 0.3 is 0 Å². The van der Waals surface area contributed by atoms with Crippen LogP contribution in [0.15, 0.2) is 18.2 Å². The normalized spacial score (nSPS) is 21.9. The molecule has 1 aliphatic carbocycles. The van der Waals surface area contributed by atoms with Gasteiger partial charge in [0.1, 0.15) is 0 Å². The van der Waals surface area contributed by atoms with E-state index in [4.69, 9.17) is 0 Å². The lowest BCUT2D eigenvalue weighted by molar-refractivity contribution is 0.0929. The minimum absolute atomic E-state index is 0.0621. The lowest BCUT2D eigenvalue weighted by atomic mass is 9.94. The molecule has 1 aromatic carbocycles. The summed E-state index contributed by atoms with van der Waals surface area (Å²) < 4.78 is 0. The minimum Gasteiger partial charge on any atom is -0.385 e. The molecule has 0 aromatic heterocycles. The fourth-order valence-corrected chi connectivity index (χ4v) is 3.92. The third kappa shape index (κ3) is 4.16. The molecule has 2 atom stereocenters. The Morgan fingerprint density at radius 3 is 2.76 bits per heavy atom. The summed E-state index contributed by atoms with van der Waals surface area (Å²) in [4.78, 5) is 12.5. The number of aryl methyl sites for hydroxylation is 1. The second-order valence-electron chi connectivity index (χ2n) is 5.70. The van der Waals surface area contributed by atoms with E-state index in [0.29, 0.717) is 11.3 Å². The number of amides is 1. The second-order valence-corrected chi connectivity index (χ2v) is 6.78. The molecule has 0 radical (unpaired) electrons. The smallest absolute Gasteiger partial charge is 0.251 e. The van der Waals surface area contributed by atoms with Gasteiger partial charge in [-0.15, -0.1) is 0 Å². The molecule has 0 bridgehead atoms. The molecule has 1 aromatic rings. The average molecular weight is 306 g/mol. The molecule has 1 fully saturated rings. The van der Waals surface area contributed by atoms with E-state index >= 15 is 0 Å². The Kier molecular flexibility index (Phi) is 5.97. The van der Waals surface area contributed by atoms with Crippen molar-refractivity contribution in [3.05, 3.63) is 29.3 Å². The molecule has 116 valence electrons. The first-order valence-corrected chi connectivity index (χ1v) is 9.12. The Labute approximate surface area is 132 Å². The van der Waals surface area contributed by atoms with Gasteiger partial charge in [-0.1, -0.05) is 12.8 Å². The SMILES string of the molecule is CCNc1ccc(C(=O)NC2CCCCC2SC)cc1C. The molecule has 1 aliphatic rings. The van der Waals surface area contributed by atoms with Crippen LogP contribution in [-0.4, -0.2) is 30.0 Å². The summed E-state index contributed by atoms with van der Waals surface area (Å²) in [6, 6.07) is 6.21. The molecule has 1 saturated carbocycles.